The van der Waals surface area contributed by atoms with Gasteiger partial charge in [-0.1, -0.05) is 11.6 Å². The predicted octanol–water partition coefficient (Wildman–Crippen LogP) is 3.50. The van der Waals surface area contributed by atoms with Crippen molar-refractivity contribution >= 4 is 23.1 Å². The Morgan fingerprint density at radius 3 is 2.84 bits per heavy atom. The maximum absolute atomic E-state index is 13.5. The lowest BCUT2D eigenvalue weighted by atomic mass is 10.2. The van der Waals surface area contributed by atoms with Gasteiger partial charge in [0.15, 0.2) is 17.4 Å². The second kappa shape index (κ2) is 5.55. The molecule has 1 aromatic carbocycles. The Morgan fingerprint density at radius 1 is 1.42 bits per heavy atom. The molecule has 0 saturated carbocycles. The zero-order valence-corrected chi connectivity index (χ0v) is 10.7. The molecule has 96 valence electrons. The molecular weight excluding hydrogens is 269 g/mol. The van der Waals surface area contributed by atoms with Crippen LogP contribution in [0, 0.1) is 17.1 Å². The predicted molar refractivity (Wildman–Crippen MR) is 70.2 cm³/mol. The molecule has 1 N–H and O–H groups in total. The molecule has 1 heterocycles. The zero-order valence-electron chi connectivity index (χ0n) is 9.95. The van der Waals surface area contributed by atoms with Crippen LogP contribution in [0.1, 0.15) is 5.56 Å². The van der Waals surface area contributed by atoms with Gasteiger partial charge in [0.05, 0.1) is 12.7 Å². The highest BCUT2D eigenvalue weighted by Gasteiger charge is 2.09. The molecule has 2 rings (SSSR count). The Hall–Kier alpha value is -2.32. The Bertz CT molecular complexity index is 655. The van der Waals surface area contributed by atoms with Crippen molar-refractivity contribution in [3.05, 3.63) is 46.9 Å². The molecule has 0 atom stereocenters. The molecule has 0 aliphatic carbocycles. The summed E-state index contributed by atoms with van der Waals surface area (Å²) in [5.74, 6) is -0.0549. The number of halogens is 2. The lowest BCUT2D eigenvalue weighted by molar-refractivity contribution is 0.386. The van der Waals surface area contributed by atoms with Gasteiger partial charge < -0.3 is 10.1 Å². The van der Waals surface area contributed by atoms with Crippen LogP contribution in [0.25, 0.3) is 0 Å². The van der Waals surface area contributed by atoms with Crippen molar-refractivity contribution in [3.63, 3.8) is 0 Å². The number of hydrogen-bond donors (Lipinski definition) is 1. The van der Waals surface area contributed by atoms with Crippen molar-refractivity contribution in [2.45, 2.75) is 0 Å². The minimum Gasteiger partial charge on any atom is -0.494 e. The van der Waals surface area contributed by atoms with Gasteiger partial charge in [-0.2, -0.15) is 5.26 Å². The standard InChI is InChI=1S/C13H9ClFN3O/c1-19-11-3-2-9(6-10(11)15)18-13-12(14)8(7-16)4-5-17-13/h2-6H,1H3,(H,17,18). The van der Waals surface area contributed by atoms with E-state index < -0.39 is 5.82 Å². The third-order valence-electron chi connectivity index (χ3n) is 2.42. The lowest BCUT2D eigenvalue weighted by Gasteiger charge is -2.09. The third-order valence-corrected chi connectivity index (χ3v) is 2.81. The topological polar surface area (TPSA) is 57.9 Å². The first kappa shape index (κ1) is 13.1. The highest BCUT2D eigenvalue weighted by atomic mass is 35.5. The summed E-state index contributed by atoms with van der Waals surface area (Å²) in [7, 11) is 1.39. The normalized spacial score (nSPS) is 9.79. The van der Waals surface area contributed by atoms with Crippen LogP contribution < -0.4 is 10.1 Å². The molecule has 2 aromatic rings. The largest absolute Gasteiger partial charge is 0.494 e. The Kier molecular flexibility index (Phi) is 3.83. The van der Waals surface area contributed by atoms with Crippen LogP contribution in [0.2, 0.25) is 5.02 Å². The Labute approximate surface area is 114 Å². The molecule has 0 aliphatic heterocycles. The van der Waals surface area contributed by atoms with Crippen LogP contribution in [0.3, 0.4) is 0 Å². The van der Waals surface area contributed by atoms with Gasteiger partial charge in [0, 0.05) is 18.0 Å². The summed E-state index contributed by atoms with van der Waals surface area (Å²) in [6.07, 6.45) is 1.45. The van der Waals surface area contributed by atoms with Crippen molar-refractivity contribution < 1.29 is 9.13 Å². The van der Waals surface area contributed by atoms with Crippen molar-refractivity contribution in [1.29, 1.82) is 5.26 Å². The molecule has 19 heavy (non-hydrogen) atoms. The quantitative estimate of drug-likeness (QED) is 0.933. The van der Waals surface area contributed by atoms with Crippen molar-refractivity contribution in [2.75, 3.05) is 12.4 Å². The molecule has 0 aliphatic rings. The van der Waals surface area contributed by atoms with Gasteiger partial charge in [0.25, 0.3) is 0 Å². The zero-order chi connectivity index (χ0) is 13.8. The number of nitriles is 1. The highest BCUT2D eigenvalue weighted by molar-refractivity contribution is 6.34. The SMILES string of the molecule is COc1ccc(Nc2nccc(C#N)c2Cl)cc1F. The number of benzene rings is 1. The summed E-state index contributed by atoms with van der Waals surface area (Å²) >= 11 is 5.99. The molecule has 1 aromatic heterocycles. The molecule has 0 spiro atoms. The van der Waals surface area contributed by atoms with Crippen molar-refractivity contribution in [1.82, 2.24) is 4.98 Å². The summed E-state index contributed by atoms with van der Waals surface area (Å²) in [5, 5.41) is 11.9. The second-order valence-corrected chi connectivity index (χ2v) is 3.99. The number of nitrogens with one attached hydrogen (secondary N) is 1. The van der Waals surface area contributed by atoms with E-state index in [4.69, 9.17) is 21.6 Å². The van der Waals surface area contributed by atoms with E-state index in [-0.39, 0.29) is 10.8 Å². The van der Waals surface area contributed by atoms with E-state index in [0.717, 1.165) is 0 Å². The van der Waals surface area contributed by atoms with E-state index in [2.05, 4.69) is 10.3 Å². The fourth-order valence-electron chi connectivity index (χ4n) is 1.50. The molecule has 4 nitrogen and oxygen atoms in total. The second-order valence-electron chi connectivity index (χ2n) is 3.61. The van der Waals surface area contributed by atoms with E-state index in [1.165, 1.54) is 31.5 Å². The number of anilines is 2. The minimum absolute atomic E-state index is 0.149. The summed E-state index contributed by atoms with van der Waals surface area (Å²) < 4.78 is 18.4. The summed E-state index contributed by atoms with van der Waals surface area (Å²) in [4.78, 5) is 4.01. The van der Waals surface area contributed by atoms with Crippen LogP contribution >= 0.6 is 11.6 Å². The van der Waals surface area contributed by atoms with E-state index in [0.29, 0.717) is 17.1 Å². The summed E-state index contributed by atoms with van der Waals surface area (Å²) in [5.41, 5.74) is 0.760. The van der Waals surface area contributed by atoms with Crippen molar-refractivity contribution in [2.24, 2.45) is 0 Å². The minimum atomic E-state index is -0.500. The van der Waals surface area contributed by atoms with E-state index in [1.807, 2.05) is 6.07 Å². The number of aromatic nitrogens is 1. The number of pyridine rings is 1. The van der Waals surface area contributed by atoms with Gasteiger partial charge in [-0.3, -0.25) is 0 Å². The molecular formula is C13H9ClFN3O. The fourth-order valence-corrected chi connectivity index (χ4v) is 1.70. The van der Waals surface area contributed by atoms with E-state index in [1.54, 1.807) is 6.07 Å². The summed E-state index contributed by atoms with van der Waals surface area (Å²) in [6, 6.07) is 7.82. The van der Waals surface area contributed by atoms with Crippen LogP contribution in [-0.4, -0.2) is 12.1 Å². The molecule has 0 saturated heterocycles. The first-order valence-electron chi connectivity index (χ1n) is 5.31. The Balaban J connectivity index is 2.32. The summed E-state index contributed by atoms with van der Waals surface area (Å²) in [6.45, 7) is 0. The fraction of sp³-hybridized carbons (Fsp3) is 0.0769. The molecule has 0 fully saturated rings. The molecule has 6 heteroatoms. The van der Waals surface area contributed by atoms with Crippen LogP contribution in [0.4, 0.5) is 15.9 Å². The molecule has 0 amide bonds. The first-order valence-corrected chi connectivity index (χ1v) is 5.68. The van der Waals surface area contributed by atoms with Gasteiger partial charge in [0.1, 0.15) is 11.1 Å². The van der Waals surface area contributed by atoms with Crippen LogP contribution in [0.5, 0.6) is 5.75 Å². The van der Waals surface area contributed by atoms with Crippen LogP contribution in [0.15, 0.2) is 30.5 Å². The number of hydrogen-bond acceptors (Lipinski definition) is 4. The lowest BCUT2D eigenvalue weighted by Crippen LogP contribution is -1.97. The smallest absolute Gasteiger partial charge is 0.167 e. The van der Waals surface area contributed by atoms with Crippen LogP contribution in [-0.2, 0) is 0 Å². The van der Waals surface area contributed by atoms with Gasteiger partial charge >= 0.3 is 0 Å². The van der Waals surface area contributed by atoms with Gasteiger partial charge in [-0.25, -0.2) is 9.37 Å². The van der Waals surface area contributed by atoms with E-state index in [9.17, 15) is 4.39 Å². The molecule has 0 unspecified atom stereocenters. The average Bonchev–Trinajstić information content (AvgIpc) is 2.41. The maximum Gasteiger partial charge on any atom is 0.167 e. The molecule has 0 bridgehead atoms. The maximum atomic E-state index is 13.5. The number of rotatable bonds is 3. The number of methoxy groups -OCH3 is 1. The number of ether oxygens (including phenoxy) is 1. The first-order chi connectivity index (χ1) is 9.15. The van der Waals surface area contributed by atoms with Gasteiger partial charge in [0.2, 0.25) is 0 Å². The molecule has 0 radical (unpaired) electrons. The Morgan fingerprint density at radius 2 is 2.21 bits per heavy atom. The third kappa shape index (κ3) is 2.75. The van der Waals surface area contributed by atoms with Crippen molar-refractivity contribution in [3.8, 4) is 11.8 Å². The highest BCUT2D eigenvalue weighted by Crippen LogP contribution is 2.28. The van der Waals surface area contributed by atoms with E-state index >= 15 is 0 Å². The number of nitrogens with zero attached hydrogens (tertiary/aromatic N) is 2. The monoisotopic (exact) mass is 277 g/mol. The van der Waals surface area contributed by atoms with Gasteiger partial charge in [-0.05, 0) is 18.2 Å². The average molecular weight is 278 g/mol. The van der Waals surface area contributed by atoms with Gasteiger partial charge in [-0.15, -0.1) is 0 Å².